The smallest absolute Gasteiger partial charge is 0.249 e. The fourth-order valence-corrected chi connectivity index (χ4v) is 4.27. The van der Waals surface area contributed by atoms with E-state index in [1.165, 1.54) is 0 Å². The van der Waals surface area contributed by atoms with Gasteiger partial charge in [-0.15, -0.1) is 0 Å². The third-order valence-electron chi connectivity index (χ3n) is 6.47. The standard InChI is InChI=1S/C34H36N2O6/c1-39-31-21-16-25(22-32(31)40-2)12-9-15-33(37)36-30(24-41-23-26-10-5-3-6-11-26)34(38)35-27-17-19-29(20-18-27)42-28-13-7-4-8-14-28/h3-8,10-11,13-14,16-22,30H,9,12,15,23-24H2,1-2H3,(H,35,38)(H,36,37). The molecule has 218 valence electrons. The highest BCUT2D eigenvalue weighted by atomic mass is 16.5. The number of ether oxygens (including phenoxy) is 4. The Morgan fingerprint density at radius 3 is 2.10 bits per heavy atom. The van der Waals surface area contributed by atoms with Crippen LogP contribution in [0.4, 0.5) is 5.69 Å². The van der Waals surface area contributed by atoms with Crippen LogP contribution in [0.5, 0.6) is 23.0 Å². The Morgan fingerprint density at radius 1 is 0.738 bits per heavy atom. The lowest BCUT2D eigenvalue weighted by Gasteiger charge is -2.19. The number of nitrogens with one attached hydrogen (secondary N) is 2. The summed E-state index contributed by atoms with van der Waals surface area (Å²) in [5, 5.41) is 5.73. The molecule has 2 N–H and O–H groups in total. The number of methoxy groups -OCH3 is 2. The van der Waals surface area contributed by atoms with Crippen LogP contribution in [0, 0.1) is 0 Å². The molecule has 0 spiro atoms. The molecule has 0 radical (unpaired) electrons. The molecule has 0 saturated carbocycles. The van der Waals surface area contributed by atoms with Crippen molar-refractivity contribution in [3.8, 4) is 23.0 Å². The lowest BCUT2D eigenvalue weighted by molar-refractivity contribution is -0.128. The Morgan fingerprint density at radius 2 is 1.40 bits per heavy atom. The van der Waals surface area contributed by atoms with Gasteiger partial charge in [0, 0.05) is 12.1 Å². The minimum Gasteiger partial charge on any atom is -0.493 e. The molecule has 2 amide bonds. The van der Waals surface area contributed by atoms with Crippen LogP contribution in [0.25, 0.3) is 0 Å². The maximum Gasteiger partial charge on any atom is 0.249 e. The van der Waals surface area contributed by atoms with Gasteiger partial charge in [-0.25, -0.2) is 0 Å². The number of carbonyl (C=O) groups is 2. The second kappa shape index (κ2) is 15.8. The summed E-state index contributed by atoms with van der Waals surface area (Å²) in [4.78, 5) is 26.1. The van der Waals surface area contributed by atoms with E-state index in [4.69, 9.17) is 18.9 Å². The van der Waals surface area contributed by atoms with E-state index < -0.39 is 6.04 Å². The predicted octanol–water partition coefficient (Wildman–Crippen LogP) is 6.16. The average Bonchev–Trinajstić information content (AvgIpc) is 3.02. The highest BCUT2D eigenvalue weighted by Crippen LogP contribution is 2.28. The zero-order valence-electron chi connectivity index (χ0n) is 23.9. The van der Waals surface area contributed by atoms with Gasteiger partial charge in [-0.3, -0.25) is 9.59 Å². The van der Waals surface area contributed by atoms with Gasteiger partial charge < -0.3 is 29.6 Å². The first-order valence-electron chi connectivity index (χ1n) is 13.8. The minimum atomic E-state index is -0.873. The molecule has 4 aromatic carbocycles. The molecule has 0 aliphatic rings. The molecule has 8 heteroatoms. The van der Waals surface area contributed by atoms with E-state index in [0.717, 1.165) is 16.9 Å². The van der Waals surface area contributed by atoms with Gasteiger partial charge in [0.25, 0.3) is 0 Å². The summed E-state index contributed by atoms with van der Waals surface area (Å²) in [6.07, 6.45) is 1.53. The summed E-state index contributed by atoms with van der Waals surface area (Å²) in [5.74, 6) is 2.06. The lowest BCUT2D eigenvalue weighted by Crippen LogP contribution is -2.46. The van der Waals surface area contributed by atoms with Gasteiger partial charge in [0.15, 0.2) is 11.5 Å². The van der Waals surface area contributed by atoms with Crippen molar-refractivity contribution in [2.75, 3.05) is 26.1 Å². The van der Waals surface area contributed by atoms with Crippen LogP contribution in [0.3, 0.4) is 0 Å². The van der Waals surface area contributed by atoms with Crippen LogP contribution in [-0.2, 0) is 27.4 Å². The van der Waals surface area contributed by atoms with Crippen molar-refractivity contribution in [2.24, 2.45) is 0 Å². The number of anilines is 1. The Kier molecular flexibility index (Phi) is 11.4. The molecule has 4 aromatic rings. The van der Waals surface area contributed by atoms with Gasteiger partial charge in [-0.1, -0.05) is 54.6 Å². The zero-order valence-corrected chi connectivity index (χ0v) is 23.9. The number of carbonyl (C=O) groups excluding carboxylic acids is 2. The maximum atomic E-state index is 13.2. The molecular formula is C34H36N2O6. The van der Waals surface area contributed by atoms with Crippen molar-refractivity contribution in [1.29, 1.82) is 0 Å². The van der Waals surface area contributed by atoms with Crippen LogP contribution in [0.1, 0.15) is 24.0 Å². The molecule has 0 heterocycles. The fourth-order valence-electron chi connectivity index (χ4n) is 4.27. The molecule has 0 aliphatic carbocycles. The predicted molar refractivity (Wildman–Crippen MR) is 162 cm³/mol. The van der Waals surface area contributed by atoms with E-state index in [0.29, 0.717) is 42.4 Å². The number of aryl methyl sites for hydroxylation is 1. The molecule has 1 atom stereocenters. The summed E-state index contributed by atoms with van der Waals surface area (Å²) >= 11 is 0. The number of rotatable bonds is 15. The fraction of sp³-hybridized carbons (Fsp3) is 0.235. The monoisotopic (exact) mass is 568 g/mol. The SMILES string of the molecule is COc1ccc(CCCC(=O)NC(COCc2ccccc2)C(=O)Nc2ccc(Oc3ccccc3)cc2)cc1OC. The van der Waals surface area contributed by atoms with Gasteiger partial charge in [0.2, 0.25) is 11.8 Å². The number of amides is 2. The van der Waals surface area contributed by atoms with Crippen molar-refractivity contribution in [2.45, 2.75) is 31.9 Å². The topological polar surface area (TPSA) is 95.1 Å². The van der Waals surface area contributed by atoms with Crippen LogP contribution < -0.4 is 24.8 Å². The molecular weight excluding hydrogens is 532 g/mol. The second-order valence-corrected chi connectivity index (χ2v) is 9.59. The minimum absolute atomic E-state index is 0.0251. The summed E-state index contributed by atoms with van der Waals surface area (Å²) < 4.78 is 22.3. The number of hydrogen-bond acceptors (Lipinski definition) is 6. The summed E-state index contributed by atoms with van der Waals surface area (Å²) in [6.45, 7) is 0.350. The first-order chi connectivity index (χ1) is 20.5. The molecule has 0 bridgehead atoms. The highest BCUT2D eigenvalue weighted by Gasteiger charge is 2.21. The van der Waals surface area contributed by atoms with Crippen molar-refractivity contribution in [3.63, 3.8) is 0 Å². The molecule has 42 heavy (non-hydrogen) atoms. The molecule has 4 rings (SSSR count). The third-order valence-corrected chi connectivity index (χ3v) is 6.47. The first kappa shape index (κ1) is 30.1. The van der Waals surface area contributed by atoms with Crippen molar-refractivity contribution in [1.82, 2.24) is 5.32 Å². The van der Waals surface area contributed by atoms with E-state index in [9.17, 15) is 9.59 Å². The molecule has 0 aromatic heterocycles. The van der Waals surface area contributed by atoms with Crippen LogP contribution >= 0.6 is 0 Å². The first-order valence-corrected chi connectivity index (χ1v) is 13.8. The molecule has 0 fully saturated rings. The summed E-state index contributed by atoms with van der Waals surface area (Å²) in [5.41, 5.74) is 2.59. The van der Waals surface area contributed by atoms with Crippen molar-refractivity contribution in [3.05, 3.63) is 114 Å². The van der Waals surface area contributed by atoms with Gasteiger partial charge in [0.05, 0.1) is 27.4 Å². The number of hydrogen-bond donors (Lipinski definition) is 2. The number of para-hydroxylation sites is 1. The second-order valence-electron chi connectivity index (χ2n) is 9.59. The average molecular weight is 569 g/mol. The van der Waals surface area contributed by atoms with Crippen LogP contribution in [-0.4, -0.2) is 38.7 Å². The maximum absolute atomic E-state index is 13.2. The quantitative estimate of drug-likeness (QED) is 0.178. The highest BCUT2D eigenvalue weighted by molar-refractivity contribution is 5.97. The molecule has 0 aliphatic heterocycles. The Bertz CT molecular complexity index is 1410. The Labute approximate surface area is 246 Å². The molecule has 1 unspecified atom stereocenters. The van der Waals surface area contributed by atoms with Crippen LogP contribution in [0.2, 0.25) is 0 Å². The van der Waals surface area contributed by atoms with E-state index in [1.54, 1.807) is 38.5 Å². The van der Waals surface area contributed by atoms with Gasteiger partial charge in [0.1, 0.15) is 17.5 Å². The van der Waals surface area contributed by atoms with Crippen molar-refractivity contribution >= 4 is 17.5 Å². The lowest BCUT2D eigenvalue weighted by atomic mass is 10.1. The summed E-state index contributed by atoms with van der Waals surface area (Å²) in [7, 11) is 3.18. The van der Waals surface area contributed by atoms with E-state index in [1.807, 2.05) is 78.9 Å². The largest absolute Gasteiger partial charge is 0.493 e. The van der Waals surface area contributed by atoms with Crippen LogP contribution in [0.15, 0.2) is 103 Å². The Hall–Kier alpha value is -4.82. The zero-order chi connectivity index (χ0) is 29.6. The van der Waals surface area contributed by atoms with Gasteiger partial charge in [-0.2, -0.15) is 0 Å². The Balaban J connectivity index is 1.33. The normalized spacial score (nSPS) is 11.3. The van der Waals surface area contributed by atoms with E-state index in [-0.39, 0.29) is 24.8 Å². The number of benzene rings is 4. The molecule has 8 nitrogen and oxygen atoms in total. The van der Waals surface area contributed by atoms with Crippen molar-refractivity contribution < 1.29 is 28.5 Å². The van der Waals surface area contributed by atoms with E-state index >= 15 is 0 Å². The van der Waals surface area contributed by atoms with Gasteiger partial charge in [-0.05, 0) is 72.5 Å². The van der Waals surface area contributed by atoms with E-state index in [2.05, 4.69) is 10.6 Å². The summed E-state index contributed by atoms with van der Waals surface area (Å²) in [6, 6.07) is 31.0. The van der Waals surface area contributed by atoms with Gasteiger partial charge >= 0.3 is 0 Å². The molecule has 0 saturated heterocycles. The third kappa shape index (κ3) is 9.38.